The van der Waals surface area contributed by atoms with Gasteiger partial charge in [0.1, 0.15) is 11.1 Å². The number of anilines is 2. The van der Waals surface area contributed by atoms with Crippen molar-refractivity contribution in [3.8, 4) is 6.07 Å². The molecule has 0 unspecified atom stereocenters. The molecule has 1 saturated heterocycles. The first-order valence-electron chi connectivity index (χ1n) is 8.89. The summed E-state index contributed by atoms with van der Waals surface area (Å²) in [6.45, 7) is 1.57. The van der Waals surface area contributed by atoms with Crippen molar-refractivity contribution in [2.75, 3.05) is 29.5 Å². The van der Waals surface area contributed by atoms with Crippen molar-refractivity contribution >= 4 is 50.5 Å². The van der Waals surface area contributed by atoms with Gasteiger partial charge < -0.3 is 15.4 Å². The van der Waals surface area contributed by atoms with Crippen LogP contribution in [0.3, 0.4) is 0 Å². The lowest BCUT2D eigenvalue weighted by atomic mass is 10.1. The average Bonchev–Trinajstić information content (AvgIpc) is 3.42. The lowest BCUT2D eigenvalue weighted by molar-refractivity contribution is -0.113. The fourth-order valence-corrected chi connectivity index (χ4v) is 6.06. The van der Waals surface area contributed by atoms with Gasteiger partial charge in [0.15, 0.2) is 4.34 Å². The Balaban J connectivity index is 1.27. The van der Waals surface area contributed by atoms with E-state index in [9.17, 15) is 10.1 Å². The second kappa shape index (κ2) is 8.56. The Kier molecular flexibility index (Phi) is 5.92. The summed E-state index contributed by atoms with van der Waals surface area (Å²) in [5.41, 5.74) is 1.76. The van der Waals surface area contributed by atoms with Crippen LogP contribution < -0.4 is 10.6 Å². The predicted molar refractivity (Wildman–Crippen MR) is 108 cm³/mol. The van der Waals surface area contributed by atoms with E-state index in [-0.39, 0.29) is 17.8 Å². The van der Waals surface area contributed by atoms with E-state index in [1.807, 2.05) is 0 Å². The molecule has 142 valence electrons. The molecule has 1 aliphatic carbocycles. The highest BCUT2D eigenvalue weighted by Gasteiger charge is 2.23. The highest BCUT2D eigenvalue weighted by atomic mass is 32.2. The van der Waals surface area contributed by atoms with Crippen molar-refractivity contribution in [1.29, 1.82) is 5.26 Å². The zero-order chi connectivity index (χ0) is 18.6. The molecule has 2 aromatic rings. The summed E-state index contributed by atoms with van der Waals surface area (Å²) in [7, 11) is 0. The van der Waals surface area contributed by atoms with Gasteiger partial charge in [-0.2, -0.15) is 5.26 Å². The number of aromatic nitrogens is 2. The van der Waals surface area contributed by atoms with E-state index < -0.39 is 0 Å². The molecule has 3 heterocycles. The van der Waals surface area contributed by atoms with E-state index in [1.54, 1.807) is 0 Å². The van der Waals surface area contributed by atoms with Gasteiger partial charge in [0, 0.05) is 18.0 Å². The van der Waals surface area contributed by atoms with Gasteiger partial charge in [0.2, 0.25) is 11.0 Å². The standard InChI is InChI=1S/C17H19N5O2S3/c18-7-12-11-4-1-5-13(11)26-15(12)20-14(23)9-25-17-22-21-16(27-17)19-8-10-3-2-6-24-10/h10H,1-6,8-9H2,(H,19,21)(H,20,23)/t10-/m1/s1. The smallest absolute Gasteiger partial charge is 0.235 e. The van der Waals surface area contributed by atoms with Crippen LogP contribution in [0.5, 0.6) is 0 Å². The highest BCUT2D eigenvalue weighted by Crippen LogP contribution is 2.38. The number of aryl methyl sites for hydroxylation is 1. The van der Waals surface area contributed by atoms with E-state index in [0.29, 0.717) is 10.6 Å². The Morgan fingerprint density at radius 2 is 2.26 bits per heavy atom. The first-order chi connectivity index (χ1) is 13.2. The maximum Gasteiger partial charge on any atom is 0.235 e. The van der Waals surface area contributed by atoms with E-state index in [1.165, 1.54) is 39.3 Å². The van der Waals surface area contributed by atoms with Crippen LogP contribution in [0.25, 0.3) is 0 Å². The fourth-order valence-electron chi connectivity index (χ4n) is 3.25. The molecule has 1 fully saturated rings. The van der Waals surface area contributed by atoms with Crippen LogP contribution in [0.4, 0.5) is 10.1 Å². The normalized spacial score (nSPS) is 18.3. The van der Waals surface area contributed by atoms with Crippen LogP contribution >= 0.6 is 34.4 Å². The number of thiophene rings is 1. The van der Waals surface area contributed by atoms with Crippen molar-refractivity contribution in [3.05, 3.63) is 16.0 Å². The average molecular weight is 422 g/mol. The zero-order valence-electron chi connectivity index (χ0n) is 14.6. The number of hydrogen-bond donors (Lipinski definition) is 2. The summed E-state index contributed by atoms with van der Waals surface area (Å²) in [6, 6.07) is 2.25. The number of carbonyl (C=O) groups is 1. The second-order valence-electron chi connectivity index (χ2n) is 6.40. The molecule has 0 aromatic carbocycles. The van der Waals surface area contributed by atoms with Gasteiger partial charge in [-0.15, -0.1) is 21.5 Å². The number of amides is 1. The Labute approximate surface area is 169 Å². The molecule has 0 saturated carbocycles. The van der Waals surface area contributed by atoms with Crippen LogP contribution in [0.15, 0.2) is 4.34 Å². The summed E-state index contributed by atoms with van der Waals surface area (Å²) < 4.78 is 6.32. The Morgan fingerprint density at radius 3 is 3.07 bits per heavy atom. The molecule has 1 amide bonds. The third-order valence-electron chi connectivity index (χ3n) is 4.52. The minimum Gasteiger partial charge on any atom is -0.376 e. The third-order valence-corrected chi connectivity index (χ3v) is 7.75. The van der Waals surface area contributed by atoms with Crippen molar-refractivity contribution in [3.63, 3.8) is 0 Å². The monoisotopic (exact) mass is 421 g/mol. The molecule has 0 spiro atoms. The summed E-state index contributed by atoms with van der Waals surface area (Å²) in [5, 5.41) is 25.2. The number of ether oxygens (including phenoxy) is 1. The van der Waals surface area contributed by atoms with Gasteiger partial charge in [0.05, 0.1) is 17.4 Å². The molecule has 1 aliphatic heterocycles. The quantitative estimate of drug-likeness (QED) is 0.662. The van der Waals surface area contributed by atoms with Gasteiger partial charge in [0.25, 0.3) is 0 Å². The molecule has 10 heteroatoms. The van der Waals surface area contributed by atoms with E-state index in [0.717, 1.165) is 60.3 Å². The first-order valence-corrected chi connectivity index (χ1v) is 11.5. The number of fused-ring (bicyclic) bond motifs is 1. The summed E-state index contributed by atoms with van der Waals surface area (Å²) >= 11 is 4.33. The topological polar surface area (TPSA) is 99.9 Å². The number of carbonyl (C=O) groups excluding carboxylic acids is 1. The highest BCUT2D eigenvalue weighted by molar-refractivity contribution is 8.01. The molecular formula is C17H19N5O2S3. The SMILES string of the molecule is N#Cc1c(NC(=O)CSc2nnc(NC[C@H]3CCCO3)s2)sc2c1CCC2. The molecule has 4 rings (SSSR count). The fraction of sp³-hybridized carbons (Fsp3) is 0.529. The second-order valence-corrected chi connectivity index (χ2v) is 9.70. The molecular weight excluding hydrogens is 402 g/mol. The molecule has 7 nitrogen and oxygen atoms in total. The number of rotatable bonds is 7. The van der Waals surface area contributed by atoms with Crippen molar-refractivity contribution in [2.45, 2.75) is 42.5 Å². The van der Waals surface area contributed by atoms with Gasteiger partial charge in [-0.3, -0.25) is 4.79 Å². The van der Waals surface area contributed by atoms with Gasteiger partial charge in [-0.05, 0) is 37.7 Å². The molecule has 2 N–H and O–H groups in total. The van der Waals surface area contributed by atoms with Crippen LogP contribution in [0.2, 0.25) is 0 Å². The molecule has 1 atom stereocenters. The van der Waals surface area contributed by atoms with Crippen LogP contribution in [0.1, 0.15) is 35.3 Å². The van der Waals surface area contributed by atoms with Crippen LogP contribution in [0, 0.1) is 11.3 Å². The van der Waals surface area contributed by atoms with E-state index in [4.69, 9.17) is 4.74 Å². The maximum atomic E-state index is 12.3. The number of nitrogens with zero attached hydrogens (tertiary/aromatic N) is 3. The minimum absolute atomic E-state index is 0.125. The van der Waals surface area contributed by atoms with Crippen LogP contribution in [-0.4, -0.2) is 41.1 Å². The zero-order valence-corrected chi connectivity index (χ0v) is 17.1. The predicted octanol–water partition coefficient (Wildman–Crippen LogP) is 3.28. The number of nitrogens with one attached hydrogen (secondary N) is 2. The third kappa shape index (κ3) is 4.43. The van der Waals surface area contributed by atoms with Gasteiger partial charge in [-0.1, -0.05) is 23.1 Å². The van der Waals surface area contributed by atoms with E-state index in [2.05, 4.69) is 26.9 Å². The lowest BCUT2D eigenvalue weighted by Gasteiger charge is -2.08. The lowest BCUT2D eigenvalue weighted by Crippen LogP contribution is -2.18. The molecule has 2 aliphatic rings. The van der Waals surface area contributed by atoms with Crippen molar-refractivity contribution < 1.29 is 9.53 Å². The van der Waals surface area contributed by atoms with Gasteiger partial charge >= 0.3 is 0 Å². The maximum absolute atomic E-state index is 12.3. The van der Waals surface area contributed by atoms with Crippen molar-refractivity contribution in [1.82, 2.24) is 10.2 Å². The molecule has 0 bridgehead atoms. The Morgan fingerprint density at radius 1 is 1.33 bits per heavy atom. The Bertz CT molecular complexity index is 867. The van der Waals surface area contributed by atoms with Crippen molar-refractivity contribution in [2.24, 2.45) is 0 Å². The number of thioether (sulfide) groups is 1. The molecule has 27 heavy (non-hydrogen) atoms. The molecule has 0 radical (unpaired) electrons. The number of hydrogen-bond acceptors (Lipinski definition) is 9. The summed E-state index contributed by atoms with van der Waals surface area (Å²) in [6.07, 6.45) is 5.47. The largest absolute Gasteiger partial charge is 0.376 e. The minimum atomic E-state index is -0.125. The van der Waals surface area contributed by atoms with Gasteiger partial charge in [-0.25, -0.2) is 0 Å². The first kappa shape index (κ1) is 18.7. The van der Waals surface area contributed by atoms with E-state index >= 15 is 0 Å². The Hall–Kier alpha value is -1.67. The van der Waals surface area contributed by atoms with Crippen LogP contribution in [-0.2, 0) is 22.4 Å². The number of nitriles is 1. The molecule has 2 aromatic heterocycles. The summed E-state index contributed by atoms with van der Waals surface area (Å²) in [5.74, 6) is 0.119. The summed E-state index contributed by atoms with van der Waals surface area (Å²) in [4.78, 5) is 13.5.